The Morgan fingerprint density at radius 3 is 2.55 bits per heavy atom. The quantitative estimate of drug-likeness (QED) is 0.778. The van der Waals surface area contributed by atoms with Gasteiger partial charge in [-0.15, -0.1) is 0 Å². The van der Waals surface area contributed by atoms with E-state index in [9.17, 15) is 9.59 Å². The standard InChI is InChI=1S/C17H17N3O2/c1-3-11-4-7-13(8-5-11)20-15(21)9-6-12-10-14(17(22)18-2)19-16(12)20/h4-10,19H,3H2,1-2H3,(H,18,22). The summed E-state index contributed by atoms with van der Waals surface area (Å²) in [6.07, 6.45) is 0.947. The molecule has 5 heteroatoms. The smallest absolute Gasteiger partial charge is 0.267 e. The number of rotatable bonds is 3. The number of aromatic nitrogens is 2. The van der Waals surface area contributed by atoms with Crippen molar-refractivity contribution in [2.24, 2.45) is 0 Å². The third kappa shape index (κ3) is 2.30. The van der Waals surface area contributed by atoms with Crippen LogP contribution in [0.3, 0.4) is 0 Å². The van der Waals surface area contributed by atoms with Crippen molar-refractivity contribution in [3.63, 3.8) is 0 Å². The van der Waals surface area contributed by atoms with Crippen LogP contribution in [-0.2, 0) is 6.42 Å². The number of amides is 1. The largest absolute Gasteiger partial charge is 0.354 e. The maximum Gasteiger partial charge on any atom is 0.267 e. The molecule has 1 aromatic carbocycles. The number of benzene rings is 1. The SMILES string of the molecule is CCc1ccc(-n2c(=O)ccc3cc(C(=O)NC)[nH]c32)cc1. The maximum absolute atomic E-state index is 12.3. The monoisotopic (exact) mass is 295 g/mol. The van der Waals surface area contributed by atoms with Crippen LogP contribution in [0, 0.1) is 0 Å². The summed E-state index contributed by atoms with van der Waals surface area (Å²) < 4.78 is 1.58. The van der Waals surface area contributed by atoms with E-state index in [1.807, 2.05) is 24.3 Å². The van der Waals surface area contributed by atoms with Crippen molar-refractivity contribution in [3.05, 3.63) is 64.1 Å². The Morgan fingerprint density at radius 1 is 1.18 bits per heavy atom. The van der Waals surface area contributed by atoms with Crippen molar-refractivity contribution in [1.82, 2.24) is 14.9 Å². The highest BCUT2D eigenvalue weighted by Gasteiger charge is 2.12. The second-order valence-corrected chi connectivity index (χ2v) is 5.09. The molecule has 0 aliphatic rings. The van der Waals surface area contributed by atoms with Gasteiger partial charge in [0.1, 0.15) is 11.3 Å². The van der Waals surface area contributed by atoms with Gasteiger partial charge in [-0.05, 0) is 36.2 Å². The van der Waals surface area contributed by atoms with Crippen molar-refractivity contribution in [3.8, 4) is 5.69 Å². The molecule has 0 fully saturated rings. The molecule has 3 rings (SSSR count). The summed E-state index contributed by atoms with van der Waals surface area (Å²) in [6, 6.07) is 12.8. The van der Waals surface area contributed by atoms with Crippen LogP contribution in [0.5, 0.6) is 0 Å². The number of carbonyl (C=O) groups excluding carboxylic acids is 1. The average molecular weight is 295 g/mol. The first-order valence-electron chi connectivity index (χ1n) is 7.20. The lowest BCUT2D eigenvalue weighted by molar-refractivity contribution is 0.0959. The van der Waals surface area contributed by atoms with Gasteiger partial charge in [0, 0.05) is 18.5 Å². The molecule has 22 heavy (non-hydrogen) atoms. The molecule has 0 atom stereocenters. The summed E-state index contributed by atoms with van der Waals surface area (Å²) in [5, 5.41) is 3.39. The van der Waals surface area contributed by atoms with Gasteiger partial charge in [-0.1, -0.05) is 19.1 Å². The van der Waals surface area contributed by atoms with Crippen molar-refractivity contribution in [2.75, 3.05) is 7.05 Å². The normalized spacial score (nSPS) is 10.8. The number of carbonyl (C=O) groups is 1. The van der Waals surface area contributed by atoms with Gasteiger partial charge in [0.15, 0.2) is 0 Å². The lowest BCUT2D eigenvalue weighted by Crippen LogP contribution is -2.19. The van der Waals surface area contributed by atoms with Crippen LogP contribution in [-0.4, -0.2) is 22.5 Å². The van der Waals surface area contributed by atoms with Crippen LogP contribution in [0.25, 0.3) is 16.7 Å². The molecule has 2 N–H and O–H groups in total. The molecule has 112 valence electrons. The van der Waals surface area contributed by atoms with Crippen LogP contribution in [0.1, 0.15) is 23.0 Å². The van der Waals surface area contributed by atoms with E-state index in [2.05, 4.69) is 17.2 Å². The highest BCUT2D eigenvalue weighted by atomic mass is 16.2. The predicted octanol–water partition coefficient (Wildman–Crippen LogP) is 2.24. The predicted molar refractivity (Wildman–Crippen MR) is 86.7 cm³/mol. The first-order valence-corrected chi connectivity index (χ1v) is 7.20. The molecule has 0 unspecified atom stereocenters. The summed E-state index contributed by atoms with van der Waals surface area (Å²) in [7, 11) is 1.57. The molecule has 5 nitrogen and oxygen atoms in total. The van der Waals surface area contributed by atoms with E-state index in [1.165, 1.54) is 11.6 Å². The van der Waals surface area contributed by atoms with Crippen molar-refractivity contribution in [1.29, 1.82) is 0 Å². The lowest BCUT2D eigenvalue weighted by atomic mass is 10.1. The number of pyridine rings is 1. The van der Waals surface area contributed by atoms with Crippen molar-refractivity contribution in [2.45, 2.75) is 13.3 Å². The summed E-state index contributed by atoms with van der Waals surface area (Å²) in [6.45, 7) is 2.09. The topological polar surface area (TPSA) is 66.9 Å². The Bertz CT molecular complexity index is 888. The Balaban J connectivity index is 2.22. The summed E-state index contributed by atoms with van der Waals surface area (Å²) >= 11 is 0. The van der Waals surface area contributed by atoms with E-state index in [0.717, 1.165) is 17.5 Å². The van der Waals surface area contributed by atoms with E-state index in [0.29, 0.717) is 11.3 Å². The molecule has 0 aliphatic heterocycles. The number of nitrogens with one attached hydrogen (secondary N) is 2. The number of hydrogen-bond acceptors (Lipinski definition) is 2. The lowest BCUT2D eigenvalue weighted by Gasteiger charge is -2.08. The minimum Gasteiger partial charge on any atom is -0.354 e. The maximum atomic E-state index is 12.3. The van der Waals surface area contributed by atoms with Gasteiger partial charge in [-0.25, -0.2) is 0 Å². The molecule has 3 aromatic rings. The fourth-order valence-electron chi connectivity index (χ4n) is 2.51. The summed E-state index contributed by atoms with van der Waals surface area (Å²) in [5.41, 5.74) is 2.90. The molecule has 0 bridgehead atoms. The molecular formula is C17H17N3O2. The van der Waals surface area contributed by atoms with E-state index in [1.54, 1.807) is 23.7 Å². The Hall–Kier alpha value is -2.82. The molecule has 0 spiro atoms. The molecule has 0 aliphatic carbocycles. The second kappa shape index (κ2) is 5.52. The molecule has 2 heterocycles. The third-order valence-electron chi connectivity index (χ3n) is 3.75. The van der Waals surface area contributed by atoms with Crippen molar-refractivity contribution >= 4 is 16.9 Å². The minimum absolute atomic E-state index is 0.137. The summed E-state index contributed by atoms with van der Waals surface area (Å²) in [4.78, 5) is 27.1. The van der Waals surface area contributed by atoms with Gasteiger partial charge in [-0.3, -0.25) is 14.2 Å². The Labute approximate surface area is 127 Å². The van der Waals surface area contributed by atoms with Gasteiger partial charge >= 0.3 is 0 Å². The number of aromatic amines is 1. The van der Waals surface area contributed by atoms with E-state index >= 15 is 0 Å². The zero-order valence-electron chi connectivity index (χ0n) is 12.5. The Morgan fingerprint density at radius 2 is 1.91 bits per heavy atom. The highest BCUT2D eigenvalue weighted by Crippen LogP contribution is 2.18. The van der Waals surface area contributed by atoms with E-state index < -0.39 is 0 Å². The van der Waals surface area contributed by atoms with Crippen molar-refractivity contribution < 1.29 is 4.79 Å². The summed E-state index contributed by atoms with van der Waals surface area (Å²) in [5.74, 6) is -0.212. The zero-order valence-corrected chi connectivity index (χ0v) is 12.5. The zero-order chi connectivity index (χ0) is 15.7. The molecule has 0 saturated carbocycles. The fraction of sp³-hybridized carbons (Fsp3) is 0.176. The van der Waals surface area contributed by atoms with Gasteiger partial charge < -0.3 is 10.3 Å². The average Bonchev–Trinajstić information content (AvgIpc) is 2.98. The molecule has 2 aromatic heterocycles. The number of H-pyrrole nitrogens is 1. The molecule has 0 radical (unpaired) electrons. The van der Waals surface area contributed by atoms with Gasteiger partial charge in [0.2, 0.25) is 0 Å². The fourth-order valence-corrected chi connectivity index (χ4v) is 2.51. The first kappa shape index (κ1) is 14.1. The number of aryl methyl sites for hydroxylation is 1. The highest BCUT2D eigenvalue weighted by molar-refractivity contribution is 5.97. The molecule has 1 amide bonds. The van der Waals surface area contributed by atoms with Gasteiger partial charge in [0.25, 0.3) is 11.5 Å². The second-order valence-electron chi connectivity index (χ2n) is 5.09. The van der Waals surface area contributed by atoms with Crippen LogP contribution < -0.4 is 10.9 Å². The first-order chi connectivity index (χ1) is 10.6. The van der Waals surface area contributed by atoms with Gasteiger partial charge in [-0.2, -0.15) is 0 Å². The van der Waals surface area contributed by atoms with Crippen LogP contribution in [0.15, 0.2) is 47.3 Å². The number of nitrogens with zero attached hydrogens (tertiary/aromatic N) is 1. The van der Waals surface area contributed by atoms with Crippen LogP contribution in [0.4, 0.5) is 0 Å². The molecular weight excluding hydrogens is 278 g/mol. The number of fused-ring (bicyclic) bond motifs is 1. The van der Waals surface area contributed by atoms with E-state index in [4.69, 9.17) is 0 Å². The van der Waals surface area contributed by atoms with Crippen LogP contribution >= 0.6 is 0 Å². The van der Waals surface area contributed by atoms with Crippen LogP contribution in [0.2, 0.25) is 0 Å². The van der Waals surface area contributed by atoms with E-state index in [-0.39, 0.29) is 11.5 Å². The number of hydrogen-bond donors (Lipinski definition) is 2. The molecule has 0 saturated heterocycles. The third-order valence-corrected chi connectivity index (χ3v) is 3.75. The minimum atomic E-state index is -0.212. The van der Waals surface area contributed by atoms with Gasteiger partial charge in [0.05, 0.1) is 5.69 Å². The Kier molecular flexibility index (Phi) is 3.55.